The van der Waals surface area contributed by atoms with Gasteiger partial charge in [-0.1, -0.05) is 12.1 Å². The highest BCUT2D eigenvalue weighted by Gasteiger charge is 2.45. The van der Waals surface area contributed by atoms with Crippen molar-refractivity contribution >= 4 is 0 Å². The van der Waals surface area contributed by atoms with Gasteiger partial charge in [-0.2, -0.15) is 0 Å². The molecule has 2 saturated heterocycles. The first kappa shape index (κ1) is 9.19. The predicted octanol–water partition coefficient (Wildman–Crippen LogP) is 1.92. The molecule has 0 unspecified atom stereocenters. The molecule has 2 aliphatic heterocycles. The van der Waals surface area contributed by atoms with Gasteiger partial charge in [0.25, 0.3) is 0 Å². The van der Waals surface area contributed by atoms with E-state index in [1.54, 1.807) is 7.11 Å². The molecule has 2 heterocycles. The van der Waals surface area contributed by atoms with Gasteiger partial charge in [0.1, 0.15) is 11.9 Å². The van der Waals surface area contributed by atoms with Crippen LogP contribution in [0.15, 0.2) is 24.3 Å². The molecular weight excluding hydrogens is 192 g/mol. The Hall–Kier alpha value is -1.06. The van der Waals surface area contributed by atoms with Crippen molar-refractivity contribution in [1.29, 1.82) is 0 Å². The highest BCUT2D eigenvalue weighted by Crippen LogP contribution is 2.39. The summed E-state index contributed by atoms with van der Waals surface area (Å²) in [6, 6.07) is 8.06. The summed E-state index contributed by atoms with van der Waals surface area (Å²) in [7, 11) is 1.68. The van der Waals surface area contributed by atoms with Crippen LogP contribution in [0.4, 0.5) is 0 Å². The Morgan fingerprint density at radius 1 is 1.33 bits per heavy atom. The molecule has 15 heavy (non-hydrogen) atoms. The second-order valence-corrected chi connectivity index (χ2v) is 4.05. The van der Waals surface area contributed by atoms with Crippen molar-refractivity contribution in [3.63, 3.8) is 0 Å². The first-order valence-corrected chi connectivity index (χ1v) is 5.28. The van der Waals surface area contributed by atoms with Crippen molar-refractivity contribution < 1.29 is 14.2 Å². The van der Waals surface area contributed by atoms with Crippen LogP contribution < -0.4 is 4.74 Å². The molecule has 3 nitrogen and oxygen atoms in total. The molecule has 0 aliphatic carbocycles. The van der Waals surface area contributed by atoms with E-state index in [0.717, 1.165) is 18.8 Å². The monoisotopic (exact) mass is 206 g/mol. The first-order chi connectivity index (χ1) is 7.36. The quantitative estimate of drug-likeness (QED) is 0.693. The van der Waals surface area contributed by atoms with E-state index in [-0.39, 0.29) is 6.10 Å². The Bertz CT molecular complexity index is 364. The van der Waals surface area contributed by atoms with Crippen LogP contribution in [0.25, 0.3) is 0 Å². The molecule has 0 N–H and O–H groups in total. The van der Waals surface area contributed by atoms with E-state index < -0.39 is 0 Å². The molecule has 0 bridgehead atoms. The summed E-state index contributed by atoms with van der Waals surface area (Å²) in [5.41, 5.74) is 1.18. The maximum absolute atomic E-state index is 5.74. The third-order valence-corrected chi connectivity index (χ3v) is 3.06. The molecule has 0 aromatic heterocycles. The molecule has 3 heteroatoms. The van der Waals surface area contributed by atoms with Gasteiger partial charge in [0.2, 0.25) is 0 Å². The lowest BCUT2D eigenvalue weighted by Crippen LogP contribution is -2.18. The smallest absolute Gasteiger partial charge is 0.119 e. The van der Waals surface area contributed by atoms with E-state index in [0.29, 0.717) is 12.2 Å². The summed E-state index contributed by atoms with van der Waals surface area (Å²) in [5.74, 6) is 0.884. The number of epoxide rings is 1. The summed E-state index contributed by atoms with van der Waals surface area (Å²) >= 11 is 0. The second kappa shape index (κ2) is 3.51. The predicted molar refractivity (Wildman–Crippen MR) is 55.0 cm³/mol. The fourth-order valence-corrected chi connectivity index (χ4v) is 2.10. The standard InChI is InChI=1S/C12H14O3/c1-13-9-4-2-3-8(5-9)10-6-11-12(15-11)7-14-10/h2-5,10-12H,6-7H2,1H3/t10-,11+,12-/m0/s1. The van der Waals surface area contributed by atoms with Gasteiger partial charge in [0.05, 0.1) is 25.9 Å². The molecule has 3 atom stereocenters. The zero-order valence-electron chi connectivity index (χ0n) is 8.68. The van der Waals surface area contributed by atoms with E-state index in [2.05, 4.69) is 6.07 Å². The van der Waals surface area contributed by atoms with Gasteiger partial charge in [0.15, 0.2) is 0 Å². The van der Waals surface area contributed by atoms with Crippen LogP contribution in [-0.4, -0.2) is 25.9 Å². The van der Waals surface area contributed by atoms with Crippen LogP contribution >= 0.6 is 0 Å². The zero-order valence-corrected chi connectivity index (χ0v) is 8.68. The molecule has 1 aromatic rings. The molecule has 2 fully saturated rings. The van der Waals surface area contributed by atoms with Gasteiger partial charge in [-0.25, -0.2) is 0 Å². The van der Waals surface area contributed by atoms with E-state index in [1.807, 2.05) is 18.2 Å². The average molecular weight is 206 g/mol. The molecule has 0 radical (unpaired) electrons. The molecule has 0 spiro atoms. The fourth-order valence-electron chi connectivity index (χ4n) is 2.10. The second-order valence-electron chi connectivity index (χ2n) is 4.05. The third kappa shape index (κ3) is 1.73. The number of ether oxygens (including phenoxy) is 3. The summed E-state index contributed by atoms with van der Waals surface area (Å²) in [6.07, 6.45) is 1.93. The zero-order chi connectivity index (χ0) is 10.3. The molecule has 0 saturated carbocycles. The van der Waals surface area contributed by atoms with Crippen molar-refractivity contribution in [2.24, 2.45) is 0 Å². The number of benzene rings is 1. The van der Waals surface area contributed by atoms with Gasteiger partial charge < -0.3 is 14.2 Å². The Morgan fingerprint density at radius 3 is 3.07 bits per heavy atom. The minimum Gasteiger partial charge on any atom is -0.497 e. The highest BCUT2D eigenvalue weighted by atomic mass is 16.6. The van der Waals surface area contributed by atoms with E-state index >= 15 is 0 Å². The number of methoxy groups -OCH3 is 1. The molecular formula is C12H14O3. The number of fused-ring (bicyclic) bond motifs is 1. The fraction of sp³-hybridized carbons (Fsp3) is 0.500. The Morgan fingerprint density at radius 2 is 2.27 bits per heavy atom. The number of rotatable bonds is 2. The van der Waals surface area contributed by atoms with Crippen molar-refractivity contribution in [2.45, 2.75) is 24.7 Å². The van der Waals surface area contributed by atoms with Crippen molar-refractivity contribution in [2.75, 3.05) is 13.7 Å². The molecule has 3 rings (SSSR count). The minimum atomic E-state index is 0.170. The number of hydrogen-bond donors (Lipinski definition) is 0. The van der Waals surface area contributed by atoms with E-state index in [4.69, 9.17) is 14.2 Å². The highest BCUT2D eigenvalue weighted by molar-refractivity contribution is 5.30. The molecule has 2 aliphatic rings. The van der Waals surface area contributed by atoms with Crippen LogP contribution in [0.5, 0.6) is 5.75 Å². The Balaban J connectivity index is 1.78. The molecule has 1 aromatic carbocycles. The average Bonchev–Trinajstić information content (AvgIpc) is 3.07. The van der Waals surface area contributed by atoms with E-state index in [1.165, 1.54) is 5.56 Å². The van der Waals surface area contributed by atoms with Crippen LogP contribution in [0.3, 0.4) is 0 Å². The summed E-state index contributed by atoms with van der Waals surface area (Å²) in [4.78, 5) is 0. The van der Waals surface area contributed by atoms with Crippen LogP contribution in [0, 0.1) is 0 Å². The Kier molecular flexibility index (Phi) is 2.15. The summed E-state index contributed by atoms with van der Waals surface area (Å²) < 4.78 is 16.4. The lowest BCUT2D eigenvalue weighted by molar-refractivity contribution is 0.0288. The first-order valence-electron chi connectivity index (χ1n) is 5.28. The van der Waals surface area contributed by atoms with Crippen molar-refractivity contribution in [3.8, 4) is 5.75 Å². The van der Waals surface area contributed by atoms with Gasteiger partial charge in [-0.05, 0) is 17.7 Å². The Labute approximate surface area is 89.0 Å². The number of hydrogen-bond acceptors (Lipinski definition) is 3. The lowest BCUT2D eigenvalue weighted by atomic mass is 10.0. The maximum atomic E-state index is 5.74. The SMILES string of the molecule is COc1cccc([C@@H]2C[C@H]3O[C@H]3CO2)c1. The van der Waals surface area contributed by atoms with Crippen molar-refractivity contribution in [3.05, 3.63) is 29.8 Å². The van der Waals surface area contributed by atoms with Gasteiger partial charge in [-0.15, -0.1) is 0 Å². The summed E-state index contributed by atoms with van der Waals surface area (Å²) in [5, 5.41) is 0. The topological polar surface area (TPSA) is 31.0 Å². The van der Waals surface area contributed by atoms with Crippen molar-refractivity contribution in [1.82, 2.24) is 0 Å². The maximum Gasteiger partial charge on any atom is 0.119 e. The lowest BCUT2D eigenvalue weighted by Gasteiger charge is -2.20. The van der Waals surface area contributed by atoms with E-state index in [9.17, 15) is 0 Å². The third-order valence-electron chi connectivity index (χ3n) is 3.06. The molecule has 80 valence electrons. The van der Waals surface area contributed by atoms with Crippen LogP contribution in [0.2, 0.25) is 0 Å². The van der Waals surface area contributed by atoms with Crippen LogP contribution in [0.1, 0.15) is 18.1 Å². The van der Waals surface area contributed by atoms with Gasteiger partial charge in [0, 0.05) is 6.42 Å². The summed E-state index contributed by atoms with van der Waals surface area (Å²) in [6.45, 7) is 0.729. The van der Waals surface area contributed by atoms with Crippen LogP contribution in [-0.2, 0) is 9.47 Å². The normalized spacial score (nSPS) is 33.3. The van der Waals surface area contributed by atoms with Gasteiger partial charge in [-0.3, -0.25) is 0 Å². The molecule has 0 amide bonds. The minimum absolute atomic E-state index is 0.170. The largest absolute Gasteiger partial charge is 0.497 e. The van der Waals surface area contributed by atoms with Gasteiger partial charge >= 0.3 is 0 Å².